The minimum absolute atomic E-state index is 0.0728. The van der Waals surface area contributed by atoms with E-state index in [-0.39, 0.29) is 17.6 Å². The third-order valence-corrected chi connectivity index (χ3v) is 3.71. The van der Waals surface area contributed by atoms with E-state index in [4.69, 9.17) is 5.73 Å². The fourth-order valence-corrected chi connectivity index (χ4v) is 2.71. The van der Waals surface area contributed by atoms with Crippen molar-refractivity contribution >= 4 is 0 Å². The number of alkyl halides is 2. The summed E-state index contributed by atoms with van der Waals surface area (Å²) >= 11 is 0. The summed E-state index contributed by atoms with van der Waals surface area (Å²) in [6.07, 6.45) is 0.873. The standard InChI is InChI=1S/C14H20F2N2/c1-18-9-3-2-4-12(17)13(18)10-5-7-11(8-6-10)14(15)16/h5-8,12-14H,2-4,9,17H2,1H3. The van der Waals surface area contributed by atoms with E-state index in [9.17, 15) is 8.78 Å². The van der Waals surface area contributed by atoms with Gasteiger partial charge in [-0.05, 0) is 32.0 Å². The average Bonchev–Trinajstić information content (AvgIpc) is 2.51. The molecule has 1 fully saturated rings. The third kappa shape index (κ3) is 2.87. The maximum atomic E-state index is 12.5. The summed E-state index contributed by atoms with van der Waals surface area (Å²) in [4.78, 5) is 2.23. The fraction of sp³-hybridized carbons (Fsp3) is 0.571. The first kappa shape index (κ1) is 13.4. The van der Waals surface area contributed by atoms with Crippen LogP contribution in [0.4, 0.5) is 8.78 Å². The highest BCUT2D eigenvalue weighted by molar-refractivity contribution is 5.27. The Labute approximate surface area is 107 Å². The van der Waals surface area contributed by atoms with Crippen LogP contribution in [0.5, 0.6) is 0 Å². The lowest BCUT2D eigenvalue weighted by Gasteiger charge is -2.30. The summed E-state index contributed by atoms with van der Waals surface area (Å²) in [7, 11) is 2.05. The lowest BCUT2D eigenvalue weighted by Crippen LogP contribution is -2.37. The SMILES string of the molecule is CN1CCCCC(N)C1c1ccc(C(F)F)cc1. The van der Waals surface area contributed by atoms with Crippen LogP contribution in [0.2, 0.25) is 0 Å². The van der Waals surface area contributed by atoms with E-state index in [1.54, 1.807) is 12.1 Å². The molecule has 1 aliphatic heterocycles. The fourth-order valence-electron chi connectivity index (χ4n) is 2.71. The zero-order valence-corrected chi connectivity index (χ0v) is 10.7. The monoisotopic (exact) mass is 254 g/mol. The van der Waals surface area contributed by atoms with Gasteiger partial charge in [-0.3, -0.25) is 4.90 Å². The molecule has 0 aromatic heterocycles. The summed E-state index contributed by atoms with van der Waals surface area (Å²) in [5, 5.41) is 0. The molecule has 1 heterocycles. The molecule has 0 amide bonds. The van der Waals surface area contributed by atoms with Crippen molar-refractivity contribution in [3.05, 3.63) is 35.4 Å². The van der Waals surface area contributed by atoms with Gasteiger partial charge in [0.1, 0.15) is 0 Å². The Bertz CT molecular complexity index is 366. The number of nitrogens with zero attached hydrogens (tertiary/aromatic N) is 1. The Hall–Kier alpha value is -1.00. The third-order valence-electron chi connectivity index (χ3n) is 3.71. The van der Waals surface area contributed by atoms with Crippen LogP contribution >= 0.6 is 0 Å². The molecule has 100 valence electrons. The predicted molar refractivity (Wildman–Crippen MR) is 68.6 cm³/mol. The van der Waals surface area contributed by atoms with Gasteiger partial charge in [0.2, 0.25) is 0 Å². The van der Waals surface area contributed by atoms with E-state index < -0.39 is 6.43 Å². The van der Waals surface area contributed by atoms with E-state index in [1.807, 2.05) is 0 Å². The Morgan fingerprint density at radius 2 is 1.89 bits per heavy atom. The number of likely N-dealkylation sites (N-methyl/N-ethyl adjacent to an activating group) is 1. The zero-order valence-electron chi connectivity index (χ0n) is 10.7. The van der Waals surface area contributed by atoms with Crippen LogP contribution < -0.4 is 5.73 Å². The Kier molecular flexibility index (Phi) is 4.30. The number of benzene rings is 1. The molecule has 1 aromatic carbocycles. The second kappa shape index (κ2) is 5.76. The number of hydrogen-bond acceptors (Lipinski definition) is 2. The van der Waals surface area contributed by atoms with Gasteiger partial charge in [0.25, 0.3) is 6.43 Å². The van der Waals surface area contributed by atoms with Gasteiger partial charge in [0, 0.05) is 17.6 Å². The molecule has 0 aliphatic carbocycles. The molecule has 4 heteroatoms. The van der Waals surface area contributed by atoms with Crippen LogP contribution in [0, 0.1) is 0 Å². The second-order valence-corrected chi connectivity index (χ2v) is 5.05. The molecule has 1 aromatic rings. The van der Waals surface area contributed by atoms with Crippen LogP contribution in [0.3, 0.4) is 0 Å². The van der Waals surface area contributed by atoms with Gasteiger partial charge in [0.05, 0.1) is 0 Å². The van der Waals surface area contributed by atoms with E-state index in [1.165, 1.54) is 12.1 Å². The topological polar surface area (TPSA) is 29.3 Å². The van der Waals surface area contributed by atoms with E-state index in [0.29, 0.717) is 0 Å². The van der Waals surface area contributed by atoms with Crippen LogP contribution in [0.25, 0.3) is 0 Å². The quantitative estimate of drug-likeness (QED) is 0.878. The summed E-state index contributed by atoms with van der Waals surface area (Å²) in [5.41, 5.74) is 7.32. The van der Waals surface area contributed by atoms with Crippen molar-refractivity contribution in [2.24, 2.45) is 5.73 Å². The summed E-state index contributed by atoms with van der Waals surface area (Å²) in [6.45, 7) is 1.01. The van der Waals surface area contributed by atoms with Crippen LogP contribution in [0.1, 0.15) is 42.9 Å². The first-order valence-corrected chi connectivity index (χ1v) is 6.43. The number of hydrogen-bond donors (Lipinski definition) is 1. The van der Waals surface area contributed by atoms with Crippen LogP contribution in [-0.4, -0.2) is 24.5 Å². The van der Waals surface area contributed by atoms with E-state index in [2.05, 4.69) is 11.9 Å². The molecule has 18 heavy (non-hydrogen) atoms. The maximum absolute atomic E-state index is 12.5. The van der Waals surface area contributed by atoms with Crippen molar-refractivity contribution in [3.8, 4) is 0 Å². The van der Waals surface area contributed by atoms with Crippen molar-refractivity contribution in [2.75, 3.05) is 13.6 Å². The van der Waals surface area contributed by atoms with Gasteiger partial charge in [-0.15, -0.1) is 0 Å². The number of rotatable bonds is 2. The lowest BCUT2D eigenvalue weighted by molar-refractivity contribution is 0.151. The van der Waals surface area contributed by atoms with Gasteiger partial charge in [-0.1, -0.05) is 30.7 Å². The predicted octanol–water partition coefficient (Wildman–Crippen LogP) is 3.11. The van der Waals surface area contributed by atoms with Crippen molar-refractivity contribution in [2.45, 2.75) is 37.8 Å². The van der Waals surface area contributed by atoms with Crippen molar-refractivity contribution in [1.82, 2.24) is 4.90 Å². The number of halogens is 2. The minimum atomic E-state index is -2.40. The lowest BCUT2D eigenvalue weighted by atomic mass is 9.96. The molecule has 1 saturated heterocycles. The Morgan fingerprint density at radius 1 is 1.22 bits per heavy atom. The maximum Gasteiger partial charge on any atom is 0.263 e. The molecule has 0 bridgehead atoms. The number of likely N-dealkylation sites (tertiary alicyclic amines) is 1. The normalized spacial score (nSPS) is 26.3. The molecule has 0 radical (unpaired) electrons. The molecule has 2 unspecified atom stereocenters. The molecule has 2 N–H and O–H groups in total. The minimum Gasteiger partial charge on any atom is -0.326 e. The van der Waals surface area contributed by atoms with E-state index in [0.717, 1.165) is 31.4 Å². The molecular formula is C14H20F2N2. The highest BCUT2D eigenvalue weighted by Gasteiger charge is 2.26. The zero-order chi connectivity index (χ0) is 13.1. The van der Waals surface area contributed by atoms with Gasteiger partial charge in [0.15, 0.2) is 0 Å². The molecule has 0 spiro atoms. The second-order valence-electron chi connectivity index (χ2n) is 5.05. The average molecular weight is 254 g/mol. The smallest absolute Gasteiger partial charge is 0.263 e. The summed E-state index contributed by atoms with van der Waals surface area (Å²) in [5.74, 6) is 0. The summed E-state index contributed by atoms with van der Waals surface area (Å²) in [6, 6.07) is 6.80. The molecule has 0 saturated carbocycles. The molecule has 2 atom stereocenters. The Morgan fingerprint density at radius 3 is 2.50 bits per heavy atom. The highest BCUT2D eigenvalue weighted by atomic mass is 19.3. The van der Waals surface area contributed by atoms with Crippen LogP contribution in [0.15, 0.2) is 24.3 Å². The molecule has 2 rings (SSSR count). The first-order valence-electron chi connectivity index (χ1n) is 6.43. The molecule has 1 aliphatic rings. The largest absolute Gasteiger partial charge is 0.326 e. The van der Waals surface area contributed by atoms with Crippen molar-refractivity contribution in [1.29, 1.82) is 0 Å². The molecular weight excluding hydrogens is 234 g/mol. The Balaban J connectivity index is 2.22. The van der Waals surface area contributed by atoms with Gasteiger partial charge in [-0.2, -0.15) is 0 Å². The van der Waals surface area contributed by atoms with Gasteiger partial charge in [-0.25, -0.2) is 8.78 Å². The molecule has 2 nitrogen and oxygen atoms in total. The highest BCUT2D eigenvalue weighted by Crippen LogP contribution is 2.29. The summed E-state index contributed by atoms with van der Waals surface area (Å²) < 4.78 is 25.0. The van der Waals surface area contributed by atoms with Crippen molar-refractivity contribution < 1.29 is 8.78 Å². The number of nitrogens with two attached hydrogens (primary N) is 1. The van der Waals surface area contributed by atoms with E-state index >= 15 is 0 Å². The first-order chi connectivity index (χ1) is 8.59. The van der Waals surface area contributed by atoms with Crippen LogP contribution in [-0.2, 0) is 0 Å². The van der Waals surface area contributed by atoms with Crippen molar-refractivity contribution in [3.63, 3.8) is 0 Å². The van der Waals surface area contributed by atoms with Gasteiger partial charge < -0.3 is 5.73 Å². The van der Waals surface area contributed by atoms with Gasteiger partial charge >= 0.3 is 0 Å².